The van der Waals surface area contributed by atoms with Crippen LogP contribution in [0.1, 0.15) is 0 Å². The van der Waals surface area contributed by atoms with Gasteiger partial charge in [-0.1, -0.05) is 146 Å². The second-order valence-corrected chi connectivity index (χ2v) is 14.4. The molecule has 0 saturated carbocycles. The Labute approximate surface area is 322 Å². The number of para-hydroxylation sites is 2. The molecule has 0 aliphatic heterocycles. The molecule has 0 bridgehead atoms. The molecule has 56 heavy (non-hydrogen) atoms. The van der Waals surface area contributed by atoms with E-state index in [0.717, 1.165) is 39.0 Å². The zero-order chi connectivity index (χ0) is 36.7. The molecular formula is C51H31N5. The molecule has 0 amide bonds. The first-order chi connectivity index (χ1) is 27.8. The Kier molecular flexibility index (Phi) is 6.56. The van der Waals surface area contributed by atoms with Gasteiger partial charge >= 0.3 is 0 Å². The van der Waals surface area contributed by atoms with E-state index < -0.39 is 0 Å². The Bertz CT molecular complexity index is 3280. The lowest BCUT2D eigenvalue weighted by Gasteiger charge is -2.13. The maximum atomic E-state index is 5.24. The molecule has 5 nitrogen and oxygen atoms in total. The van der Waals surface area contributed by atoms with Gasteiger partial charge in [-0.2, -0.15) is 9.97 Å². The minimum Gasteiger partial charge on any atom is -0.309 e. The van der Waals surface area contributed by atoms with Crippen LogP contribution in [-0.2, 0) is 0 Å². The molecule has 3 heterocycles. The average Bonchev–Trinajstić information content (AvgIpc) is 3.91. The van der Waals surface area contributed by atoms with Crippen molar-refractivity contribution in [1.82, 2.24) is 24.1 Å². The van der Waals surface area contributed by atoms with Crippen LogP contribution < -0.4 is 0 Å². The highest BCUT2D eigenvalue weighted by Crippen LogP contribution is 2.53. The number of rotatable bonds is 5. The van der Waals surface area contributed by atoms with E-state index in [-0.39, 0.29) is 0 Å². The van der Waals surface area contributed by atoms with E-state index >= 15 is 0 Å². The average molecular weight is 714 g/mol. The van der Waals surface area contributed by atoms with Gasteiger partial charge in [0.25, 0.3) is 0 Å². The van der Waals surface area contributed by atoms with Gasteiger partial charge in [-0.3, -0.25) is 4.57 Å². The van der Waals surface area contributed by atoms with Crippen molar-refractivity contribution in [3.8, 4) is 67.9 Å². The van der Waals surface area contributed by atoms with Crippen molar-refractivity contribution < 1.29 is 0 Å². The van der Waals surface area contributed by atoms with Crippen LogP contribution in [0.15, 0.2) is 188 Å². The highest BCUT2D eigenvalue weighted by Gasteiger charge is 2.31. The summed E-state index contributed by atoms with van der Waals surface area (Å²) in [5, 5.41) is 6.11. The Balaban J connectivity index is 1.12. The molecule has 5 heteroatoms. The van der Waals surface area contributed by atoms with E-state index in [0.29, 0.717) is 17.6 Å². The maximum absolute atomic E-state index is 5.24. The number of hydrogen-bond donors (Lipinski definition) is 0. The number of hydrogen-bond acceptors (Lipinski definition) is 3. The van der Waals surface area contributed by atoms with Gasteiger partial charge < -0.3 is 4.57 Å². The molecule has 8 aromatic carbocycles. The van der Waals surface area contributed by atoms with Crippen molar-refractivity contribution in [2.45, 2.75) is 0 Å². The summed E-state index contributed by atoms with van der Waals surface area (Å²) in [6.07, 6.45) is 0. The second kappa shape index (κ2) is 11.9. The van der Waals surface area contributed by atoms with Crippen LogP contribution >= 0.6 is 0 Å². The van der Waals surface area contributed by atoms with E-state index in [1.807, 2.05) is 36.4 Å². The van der Waals surface area contributed by atoms with Gasteiger partial charge in [-0.25, -0.2) is 4.98 Å². The van der Waals surface area contributed by atoms with Crippen molar-refractivity contribution in [2.24, 2.45) is 0 Å². The summed E-state index contributed by atoms with van der Waals surface area (Å²) in [7, 11) is 0. The van der Waals surface area contributed by atoms with Gasteiger partial charge in [-0.05, 0) is 69.9 Å². The first kappa shape index (κ1) is 30.8. The standard InChI is InChI=1S/C51H31N5/c1-4-14-33(15-5-1)49-52-50(34-16-6-2-7-17-34)54-51(53-49)56-45-29-27-36(31-42(45)47-39-23-12-18-32-19-13-24-40(46(32)39)48(47)56)35-26-28-44-41(30-35)38-22-10-11-25-43(38)55(44)37-20-8-3-9-21-37/h1-31H. The molecule has 0 spiro atoms. The van der Waals surface area contributed by atoms with E-state index in [1.54, 1.807) is 0 Å². The largest absolute Gasteiger partial charge is 0.309 e. The topological polar surface area (TPSA) is 48.5 Å². The number of nitrogens with zero attached hydrogens (tertiary/aromatic N) is 5. The normalized spacial score (nSPS) is 11.9. The molecule has 0 unspecified atom stereocenters. The van der Waals surface area contributed by atoms with Crippen molar-refractivity contribution >= 4 is 43.5 Å². The van der Waals surface area contributed by atoms with Gasteiger partial charge in [0, 0.05) is 44.1 Å². The van der Waals surface area contributed by atoms with Gasteiger partial charge in [0.05, 0.1) is 22.2 Å². The highest BCUT2D eigenvalue weighted by molar-refractivity contribution is 6.22. The van der Waals surface area contributed by atoms with Gasteiger partial charge in [0.1, 0.15) is 0 Å². The molecule has 0 saturated heterocycles. The molecule has 0 radical (unpaired) electrons. The fraction of sp³-hybridized carbons (Fsp3) is 0. The molecule has 3 aromatic heterocycles. The summed E-state index contributed by atoms with van der Waals surface area (Å²) in [6, 6.07) is 66.7. The van der Waals surface area contributed by atoms with E-state index in [4.69, 9.17) is 15.0 Å². The van der Waals surface area contributed by atoms with Gasteiger partial charge in [-0.15, -0.1) is 0 Å². The van der Waals surface area contributed by atoms with Crippen LogP contribution in [0.3, 0.4) is 0 Å². The van der Waals surface area contributed by atoms with Gasteiger partial charge in [0.15, 0.2) is 11.6 Å². The minimum absolute atomic E-state index is 0.594. The van der Waals surface area contributed by atoms with Crippen LogP contribution in [0.5, 0.6) is 0 Å². The molecule has 0 fully saturated rings. The van der Waals surface area contributed by atoms with Crippen molar-refractivity contribution in [2.75, 3.05) is 0 Å². The second-order valence-electron chi connectivity index (χ2n) is 14.4. The maximum Gasteiger partial charge on any atom is 0.238 e. The number of aromatic nitrogens is 5. The first-order valence-corrected chi connectivity index (χ1v) is 19.0. The zero-order valence-electron chi connectivity index (χ0n) is 30.1. The smallest absolute Gasteiger partial charge is 0.238 e. The third-order valence-corrected chi connectivity index (χ3v) is 11.3. The summed E-state index contributed by atoms with van der Waals surface area (Å²) in [6.45, 7) is 0. The zero-order valence-corrected chi connectivity index (χ0v) is 30.1. The molecule has 11 aromatic rings. The summed E-state index contributed by atoms with van der Waals surface area (Å²) in [5.74, 6) is 1.87. The van der Waals surface area contributed by atoms with Crippen LogP contribution in [0, 0.1) is 0 Å². The van der Waals surface area contributed by atoms with Crippen molar-refractivity contribution in [3.63, 3.8) is 0 Å². The lowest BCUT2D eigenvalue weighted by Crippen LogP contribution is -2.07. The third kappa shape index (κ3) is 4.52. The third-order valence-electron chi connectivity index (χ3n) is 11.3. The molecule has 12 rings (SSSR count). The molecular weight excluding hydrogens is 683 g/mol. The van der Waals surface area contributed by atoms with Crippen LogP contribution in [0.4, 0.5) is 0 Å². The van der Waals surface area contributed by atoms with Crippen molar-refractivity contribution in [1.29, 1.82) is 0 Å². The Morgan fingerprint density at radius 1 is 0.357 bits per heavy atom. The first-order valence-electron chi connectivity index (χ1n) is 19.0. The van der Waals surface area contributed by atoms with Crippen LogP contribution in [-0.4, -0.2) is 24.1 Å². The fourth-order valence-corrected chi connectivity index (χ4v) is 8.86. The lowest BCUT2D eigenvalue weighted by molar-refractivity contribution is 0.939. The minimum atomic E-state index is 0.594. The highest BCUT2D eigenvalue weighted by atomic mass is 15.2. The monoisotopic (exact) mass is 713 g/mol. The van der Waals surface area contributed by atoms with Gasteiger partial charge in [0.2, 0.25) is 5.95 Å². The van der Waals surface area contributed by atoms with E-state index in [2.05, 4.69) is 161 Å². The van der Waals surface area contributed by atoms with Crippen LogP contribution in [0.25, 0.3) is 111 Å². The van der Waals surface area contributed by atoms with E-state index in [1.165, 1.54) is 54.8 Å². The molecule has 0 atom stereocenters. The summed E-state index contributed by atoms with van der Waals surface area (Å²) in [4.78, 5) is 15.5. The number of benzene rings is 8. The Morgan fingerprint density at radius 2 is 0.911 bits per heavy atom. The summed E-state index contributed by atoms with van der Waals surface area (Å²) < 4.78 is 4.63. The Morgan fingerprint density at radius 3 is 1.59 bits per heavy atom. The molecule has 1 aliphatic carbocycles. The molecule has 1 aliphatic rings. The summed E-state index contributed by atoms with van der Waals surface area (Å²) in [5.41, 5.74) is 13.5. The number of fused-ring (bicyclic) bond motifs is 8. The van der Waals surface area contributed by atoms with Crippen molar-refractivity contribution in [3.05, 3.63) is 188 Å². The SMILES string of the molecule is c1ccc(-c2nc(-c3ccccc3)nc(-n3c4c(c5cc(-c6ccc7c(c6)c6ccccc6n7-c6ccccc6)ccc53)-c3cccc5cccc-4c35)n2)cc1. The fourth-order valence-electron chi connectivity index (χ4n) is 8.86. The predicted octanol–water partition coefficient (Wildman–Crippen LogP) is 12.7. The summed E-state index contributed by atoms with van der Waals surface area (Å²) >= 11 is 0. The van der Waals surface area contributed by atoms with Crippen LogP contribution in [0.2, 0.25) is 0 Å². The molecule has 260 valence electrons. The Hall–Kier alpha value is -7.63. The van der Waals surface area contributed by atoms with E-state index in [9.17, 15) is 0 Å². The quantitative estimate of drug-likeness (QED) is 0.178. The lowest BCUT2D eigenvalue weighted by atomic mass is 9.98. The molecule has 0 N–H and O–H groups in total. The predicted molar refractivity (Wildman–Crippen MR) is 229 cm³/mol.